The predicted molar refractivity (Wildman–Crippen MR) is 203 cm³/mol. The molecule has 0 spiro atoms. The third-order valence-corrected chi connectivity index (χ3v) is 9.77. The van der Waals surface area contributed by atoms with Crippen LogP contribution in [0.2, 0.25) is 0 Å². The molecule has 8 rings (SSSR count). The summed E-state index contributed by atoms with van der Waals surface area (Å²) in [7, 11) is 0.643. The fourth-order valence-electron chi connectivity index (χ4n) is 6.12. The van der Waals surface area contributed by atoms with Crippen LogP contribution in [0, 0.1) is 0 Å². The second kappa shape index (κ2) is 12.5. The van der Waals surface area contributed by atoms with Crippen LogP contribution in [0.4, 0.5) is 17.1 Å². The highest BCUT2D eigenvalue weighted by Crippen LogP contribution is 2.37. The number of anilines is 3. The van der Waals surface area contributed by atoms with E-state index >= 15 is 0 Å². The van der Waals surface area contributed by atoms with Crippen LogP contribution in [0.15, 0.2) is 176 Å². The van der Waals surface area contributed by atoms with Crippen molar-refractivity contribution in [3.05, 3.63) is 187 Å². The summed E-state index contributed by atoms with van der Waals surface area (Å²) in [5.41, 5.74) is 5.78. The molecule has 0 saturated heterocycles. The van der Waals surface area contributed by atoms with E-state index in [0.29, 0.717) is 8.58 Å². The molecule has 8 aromatic rings. The van der Waals surface area contributed by atoms with Gasteiger partial charge in [0.1, 0.15) is 0 Å². The Bertz CT molecular complexity index is 2260. The van der Waals surface area contributed by atoms with Gasteiger partial charge in [0, 0.05) is 17.1 Å². The van der Waals surface area contributed by atoms with Gasteiger partial charge in [0.2, 0.25) is 0 Å². The largest absolute Gasteiger partial charge is 0.310 e. The number of fused-ring (bicyclic) bond motifs is 3. The van der Waals surface area contributed by atoms with E-state index in [4.69, 9.17) is 0 Å². The van der Waals surface area contributed by atoms with E-state index in [1.165, 1.54) is 54.1 Å². The molecule has 1 nitrogen and oxygen atoms in total. The lowest BCUT2D eigenvalue weighted by molar-refractivity contribution is 1.29. The van der Waals surface area contributed by atoms with E-state index < -0.39 is 0 Å². The molecule has 0 heterocycles. The Morgan fingerprint density at radius 3 is 1.24 bits per heavy atom. The van der Waals surface area contributed by atoms with Crippen molar-refractivity contribution in [2.75, 3.05) is 4.90 Å². The van der Waals surface area contributed by atoms with Crippen molar-refractivity contribution in [3.8, 4) is 0 Å². The fraction of sp³-hybridized carbons (Fsp3) is 0. The van der Waals surface area contributed by atoms with Gasteiger partial charge in [-0.25, -0.2) is 0 Å². The first-order chi connectivity index (χ1) is 22.7. The van der Waals surface area contributed by atoms with Crippen LogP contribution in [0.1, 0.15) is 11.1 Å². The van der Waals surface area contributed by atoms with E-state index in [9.17, 15) is 0 Å². The topological polar surface area (TPSA) is 3.24 Å². The second-order valence-electron chi connectivity index (χ2n) is 11.6. The van der Waals surface area contributed by atoms with Crippen LogP contribution in [0.5, 0.6) is 0 Å². The van der Waals surface area contributed by atoms with Gasteiger partial charge >= 0.3 is 0 Å². The first-order valence-corrected chi connectivity index (χ1v) is 16.7. The van der Waals surface area contributed by atoms with Crippen molar-refractivity contribution in [2.24, 2.45) is 0 Å². The summed E-state index contributed by atoms with van der Waals surface area (Å²) in [5.74, 6) is 0. The van der Waals surface area contributed by atoms with Crippen molar-refractivity contribution in [1.82, 2.24) is 0 Å². The van der Waals surface area contributed by atoms with Crippen LogP contribution in [0.25, 0.3) is 44.5 Å². The molecule has 0 aliphatic rings. The van der Waals surface area contributed by atoms with Crippen molar-refractivity contribution in [3.63, 3.8) is 0 Å². The van der Waals surface area contributed by atoms with Gasteiger partial charge in [0.25, 0.3) is 0 Å². The van der Waals surface area contributed by atoms with Crippen molar-refractivity contribution in [1.29, 1.82) is 0 Å². The minimum atomic E-state index is 0.643. The van der Waals surface area contributed by atoms with Gasteiger partial charge in [0.05, 0.1) is 0 Å². The molecule has 0 aliphatic carbocycles. The molecule has 1 atom stereocenters. The summed E-state index contributed by atoms with van der Waals surface area (Å²) < 4.78 is 0. The lowest BCUT2D eigenvalue weighted by Gasteiger charge is -2.26. The summed E-state index contributed by atoms with van der Waals surface area (Å²) in [5, 5.41) is 10.3. The Labute approximate surface area is 271 Å². The maximum Gasteiger partial charge on any atom is 0.0468 e. The third-order valence-electron chi connectivity index (χ3n) is 8.55. The van der Waals surface area contributed by atoms with Gasteiger partial charge in [-0.3, -0.25) is 0 Å². The fourth-order valence-corrected chi connectivity index (χ4v) is 7.18. The zero-order valence-electron chi connectivity index (χ0n) is 25.3. The number of nitrogens with zero attached hydrogens (tertiary/aromatic N) is 1. The van der Waals surface area contributed by atoms with Crippen molar-refractivity contribution >= 4 is 80.7 Å². The SMILES string of the molecule is C(=C\c1ccc(N(c2ccc3ccccc3c2)c2ccc3ccccc3c2)cc1)/c1ccc(Pc2ccc3ccccc3c2)cc1. The molecule has 1 unspecified atom stereocenters. The van der Waals surface area contributed by atoms with Crippen LogP contribution in [-0.4, -0.2) is 0 Å². The van der Waals surface area contributed by atoms with E-state index in [1.807, 2.05) is 0 Å². The molecule has 0 saturated carbocycles. The molecule has 46 heavy (non-hydrogen) atoms. The lowest BCUT2D eigenvalue weighted by Crippen LogP contribution is -2.09. The van der Waals surface area contributed by atoms with Gasteiger partial charge in [0.15, 0.2) is 0 Å². The number of benzene rings is 8. The minimum absolute atomic E-state index is 0.643. The number of hydrogen-bond donors (Lipinski definition) is 0. The molecule has 0 amide bonds. The lowest BCUT2D eigenvalue weighted by atomic mass is 10.1. The smallest absolute Gasteiger partial charge is 0.0468 e. The van der Waals surface area contributed by atoms with Gasteiger partial charge in [-0.05, 0) is 96.5 Å². The van der Waals surface area contributed by atoms with Crippen molar-refractivity contribution < 1.29 is 0 Å². The van der Waals surface area contributed by atoms with Crippen LogP contribution in [-0.2, 0) is 0 Å². The highest BCUT2D eigenvalue weighted by atomic mass is 31.1. The normalized spacial score (nSPS) is 11.7. The molecule has 0 bridgehead atoms. The van der Waals surface area contributed by atoms with E-state index in [-0.39, 0.29) is 0 Å². The molecule has 0 aromatic heterocycles. The summed E-state index contributed by atoms with van der Waals surface area (Å²) >= 11 is 0. The zero-order valence-corrected chi connectivity index (χ0v) is 26.3. The van der Waals surface area contributed by atoms with Crippen LogP contribution < -0.4 is 15.5 Å². The molecular weight excluding hydrogens is 573 g/mol. The molecule has 0 N–H and O–H groups in total. The Kier molecular flexibility index (Phi) is 7.60. The minimum Gasteiger partial charge on any atom is -0.310 e. The molecule has 2 heteroatoms. The second-order valence-corrected chi connectivity index (χ2v) is 13.0. The molecule has 218 valence electrons. The average Bonchev–Trinajstić information content (AvgIpc) is 3.12. The van der Waals surface area contributed by atoms with Gasteiger partial charge in [-0.15, -0.1) is 0 Å². The predicted octanol–water partition coefficient (Wildman–Crippen LogP) is 11.4. The Balaban J connectivity index is 1.04. The van der Waals surface area contributed by atoms with Crippen molar-refractivity contribution in [2.45, 2.75) is 0 Å². The zero-order chi connectivity index (χ0) is 30.7. The first kappa shape index (κ1) is 28.0. The molecule has 0 fully saturated rings. The molecule has 8 aromatic carbocycles. The Morgan fingerprint density at radius 2 is 0.717 bits per heavy atom. The molecule has 0 radical (unpaired) electrons. The summed E-state index contributed by atoms with van der Waals surface area (Å²) in [4.78, 5) is 2.35. The highest BCUT2D eigenvalue weighted by molar-refractivity contribution is 7.55. The third kappa shape index (κ3) is 5.94. The van der Waals surface area contributed by atoms with E-state index in [1.54, 1.807) is 0 Å². The molecule has 0 aliphatic heterocycles. The number of hydrogen-bond acceptors (Lipinski definition) is 1. The number of rotatable bonds is 7. The average molecular weight is 606 g/mol. The van der Waals surface area contributed by atoms with E-state index in [2.05, 4.69) is 193 Å². The molecular formula is C44H32NP. The Morgan fingerprint density at radius 1 is 0.326 bits per heavy atom. The maximum atomic E-state index is 2.35. The highest BCUT2D eigenvalue weighted by Gasteiger charge is 2.14. The summed E-state index contributed by atoms with van der Waals surface area (Å²) in [6, 6.07) is 63.6. The van der Waals surface area contributed by atoms with Gasteiger partial charge in [-0.2, -0.15) is 0 Å². The summed E-state index contributed by atoms with van der Waals surface area (Å²) in [6.07, 6.45) is 4.39. The van der Waals surface area contributed by atoms with Crippen LogP contribution >= 0.6 is 8.58 Å². The van der Waals surface area contributed by atoms with Gasteiger partial charge in [-0.1, -0.05) is 154 Å². The van der Waals surface area contributed by atoms with Gasteiger partial charge < -0.3 is 4.90 Å². The van der Waals surface area contributed by atoms with Crippen LogP contribution in [0.3, 0.4) is 0 Å². The quantitative estimate of drug-likeness (QED) is 0.129. The maximum absolute atomic E-state index is 2.35. The first-order valence-electron chi connectivity index (χ1n) is 15.7. The Hall–Kier alpha value is -5.49. The van der Waals surface area contributed by atoms with E-state index in [0.717, 1.165) is 17.1 Å². The monoisotopic (exact) mass is 605 g/mol. The summed E-state index contributed by atoms with van der Waals surface area (Å²) in [6.45, 7) is 0. The standard InChI is InChI=1S/C44H32NP/c1-4-10-37-29-41(24-19-34(37)7-1)45(42-25-20-35-8-2-5-11-38(35)30-42)40-22-15-32(16-23-40)13-14-33-17-26-43(27-18-33)46-44-28-21-36-9-3-6-12-39(36)31-44/h1-31,46H/b14-13+.